The van der Waals surface area contributed by atoms with Crippen LogP contribution in [0.4, 0.5) is 8.78 Å². The van der Waals surface area contributed by atoms with Gasteiger partial charge in [-0.3, -0.25) is 9.59 Å². The summed E-state index contributed by atoms with van der Waals surface area (Å²) in [6.07, 6.45) is 1.36. The summed E-state index contributed by atoms with van der Waals surface area (Å²) in [6, 6.07) is 5.93. The standard InChI is InChI=1S/C20H29F2N3O3/c1-20(2,12-23)13-24(3)17(26)14-7-6-10-25(11-14)18(27)15-8-4-5-9-16(15)28-19(21)22/h4-5,8-9,14,19H,6-7,10-13,23H2,1-3H3. The van der Waals surface area contributed by atoms with Gasteiger partial charge in [0, 0.05) is 26.7 Å². The summed E-state index contributed by atoms with van der Waals surface area (Å²) < 4.78 is 29.7. The van der Waals surface area contributed by atoms with E-state index in [1.54, 1.807) is 22.9 Å². The van der Waals surface area contributed by atoms with Crippen molar-refractivity contribution in [2.75, 3.05) is 33.2 Å². The molecule has 156 valence electrons. The Balaban J connectivity index is 2.09. The molecule has 2 N–H and O–H groups in total. The molecule has 1 aliphatic heterocycles. The van der Waals surface area contributed by atoms with E-state index in [2.05, 4.69) is 4.74 Å². The van der Waals surface area contributed by atoms with Gasteiger partial charge in [0.05, 0.1) is 11.5 Å². The van der Waals surface area contributed by atoms with Crippen LogP contribution in [-0.2, 0) is 4.79 Å². The normalized spacial score (nSPS) is 17.5. The Bertz CT molecular complexity index is 697. The fraction of sp³-hybridized carbons (Fsp3) is 0.600. The van der Waals surface area contributed by atoms with Crippen molar-refractivity contribution >= 4 is 11.8 Å². The van der Waals surface area contributed by atoms with Gasteiger partial charge in [0.1, 0.15) is 5.75 Å². The maximum Gasteiger partial charge on any atom is 0.387 e. The van der Waals surface area contributed by atoms with Crippen LogP contribution in [0.25, 0.3) is 0 Å². The highest BCUT2D eigenvalue weighted by Gasteiger charge is 2.33. The van der Waals surface area contributed by atoms with Gasteiger partial charge in [-0.1, -0.05) is 26.0 Å². The molecule has 1 fully saturated rings. The van der Waals surface area contributed by atoms with Crippen LogP contribution in [0.2, 0.25) is 0 Å². The van der Waals surface area contributed by atoms with Crippen molar-refractivity contribution in [3.05, 3.63) is 29.8 Å². The average Bonchev–Trinajstić information content (AvgIpc) is 2.66. The number of para-hydroxylation sites is 1. The number of piperidine rings is 1. The Morgan fingerprint density at radius 2 is 2.04 bits per heavy atom. The molecule has 2 rings (SSSR count). The molecule has 0 bridgehead atoms. The maximum atomic E-state index is 12.9. The van der Waals surface area contributed by atoms with Gasteiger partial charge in [-0.05, 0) is 36.9 Å². The smallest absolute Gasteiger partial charge is 0.387 e. The van der Waals surface area contributed by atoms with E-state index in [1.807, 2.05) is 13.8 Å². The molecular formula is C20H29F2N3O3. The number of nitrogens with two attached hydrogens (primary N) is 1. The molecule has 0 saturated carbocycles. The highest BCUT2D eigenvalue weighted by Crippen LogP contribution is 2.26. The van der Waals surface area contributed by atoms with E-state index < -0.39 is 12.5 Å². The number of nitrogens with zero attached hydrogens (tertiary/aromatic N) is 2. The number of hydrogen-bond donors (Lipinski definition) is 1. The molecule has 2 amide bonds. The lowest BCUT2D eigenvalue weighted by Gasteiger charge is -2.36. The summed E-state index contributed by atoms with van der Waals surface area (Å²) in [4.78, 5) is 28.9. The van der Waals surface area contributed by atoms with Crippen molar-refractivity contribution < 1.29 is 23.1 Å². The minimum Gasteiger partial charge on any atom is -0.434 e. The monoisotopic (exact) mass is 397 g/mol. The molecule has 0 aliphatic carbocycles. The van der Waals surface area contributed by atoms with Gasteiger partial charge >= 0.3 is 6.61 Å². The van der Waals surface area contributed by atoms with Crippen LogP contribution in [0.3, 0.4) is 0 Å². The van der Waals surface area contributed by atoms with Gasteiger partial charge in [0.25, 0.3) is 5.91 Å². The third-order valence-corrected chi connectivity index (χ3v) is 4.99. The molecule has 1 aliphatic rings. The predicted molar refractivity (Wildman–Crippen MR) is 102 cm³/mol. The number of carbonyl (C=O) groups is 2. The van der Waals surface area contributed by atoms with Gasteiger partial charge in [-0.15, -0.1) is 0 Å². The molecule has 1 aromatic carbocycles. The van der Waals surface area contributed by atoms with Crippen LogP contribution in [0.1, 0.15) is 37.0 Å². The number of benzene rings is 1. The zero-order chi connectivity index (χ0) is 20.9. The largest absolute Gasteiger partial charge is 0.434 e. The summed E-state index contributed by atoms with van der Waals surface area (Å²) in [5.74, 6) is -0.910. The third-order valence-electron chi connectivity index (χ3n) is 4.99. The first-order valence-corrected chi connectivity index (χ1v) is 9.43. The average molecular weight is 397 g/mol. The highest BCUT2D eigenvalue weighted by molar-refractivity contribution is 5.97. The topological polar surface area (TPSA) is 75.9 Å². The Morgan fingerprint density at radius 1 is 1.36 bits per heavy atom. The number of amides is 2. The van der Waals surface area contributed by atoms with Crippen LogP contribution in [-0.4, -0.2) is 61.5 Å². The van der Waals surface area contributed by atoms with Crippen LogP contribution < -0.4 is 10.5 Å². The molecule has 0 aromatic heterocycles. The molecule has 8 heteroatoms. The third kappa shape index (κ3) is 5.64. The van der Waals surface area contributed by atoms with Gasteiger partial charge in [-0.2, -0.15) is 8.78 Å². The lowest BCUT2D eigenvalue weighted by molar-refractivity contribution is -0.136. The number of rotatable bonds is 7. The van der Waals surface area contributed by atoms with Crippen molar-refractivity contribution in [2.45, 2.75) is 33.3 Å². The number of alkyl halides is 2. The number of hydrogen-bond acceptors (Lipinski definition) is 4. The van der Waals surface area contributed by atoms with Crippen LogP contribution in [0, 0.1) is 11.3 Å². The summed E-state index contributed by atoms with van der Waals surface area (Å²) in [5, 5.41) is 0. The summed E-state index contributed by atoms with van der Waals surface area (Å²) in [6.45, 7) is 2.70. The molecule has 1 heterocycles. The van der Waals surface area contributed by atoms with Crippen LogP contribution >= 0.6 is 0 Å². The maximum absolute atomic E-state index is 12.9. The highest BCUT2D eigenvalue weighted by atomic mass is 19.3. The zero-order valence-corrected chi connectivity index (χ0v) is 16.7. The van der Waals surface area contributed by atoms with Crippen molar-refractivity contribution in [1.82, 2.24) is 9.80 Å². The lowest BCUT2D eigenvalue weighted by atomic mass is 9.91. The SMILES string of the molecule is CN(CC(C)(C)CN)C(=O)C1CCCN(C(=O)c2ccccc2OC(F)F)C1. The van der Waals surface area contributed by atoms with Crippen LogP contribution in [0.15, 0.2) is 24.3 Å². The Morgan fingerprint density at radius 3 is 2.68 bits per heavy atom. The van der Waals surface area contributed by atoms with E-state index in [4.69, 9.17) is 5.73 Å². The van der Waals surface area contributed by atoms with E-state index in [-0.39, 0.29) is 35.1 Å². The Hall–Kier alpha value is -2.22. The van der Waals surface area contributed by atoms with Crippen molar-refractivity contribution in [1.29, 1.82) is 0 Å². The minimum absolute atomic E-state index is 0.0314. The van der Waals surface area contributed by atoms with E-state index >= 15 is 0 Å². The number of carbonyl (C=O) groups excluding carboxylic acids is 2. The summed E-state index contributed by atoms with van der Waals surface area (Å²) in [7, 11) is 1.74. The summed E-state index contributed by atoms with van der Waals surface area (Å²) in [5.41, 5.74) is 5.63. The second-order valence-corrected chi connectivity index (χ2v) is 8.03. The molecule has 1 aromatic rings. The number of likely N-dealkylation sites (tertiary alicyclic amines) is 1. The fourth-order valence-corrected chi connectivity index (χ4v) is 3.47. The molecular weight excluding hydrogens is 368 g/mol. The molecule has 28 heavy (non-hydrogen) atoms. The van der Waals surface area contributed by atoms with Crippen molar-refractivity contribution in [3.63, 3.8) is 0 Å². The molecule has 1 unspecified atom stereocenters. The fourth-order valence-electron chi connectivity index (χ4n) is 3.47. The first-order valence-electron chi connectivity index (χ1n) is 9.43. The molecule has 6 nitrogen and oxygen atoms in total. The second-order valence-electron chi connectivity index (χ2n) is 8.03. The van der Waals surface area contributed by atoms with Crippen molar-refractivity contribution in [2.24, 2.45) is 17.1 Å². The first-order chi connectivity index (χ1) is 13.1. The lowest BCUT2D eigenvalue weighted by Crippen LogP contribution is -2.48. The second kappa shape index (κ2) is 9.32. The van der Waals surface area contributed by atoms with Gasteiger partial charge in [0.2, 0.25) is 5.91 Å². The Kier molecular flexibility index (Phi) is 7.35. The first kappa shape index (κ1) is 22.1. The van der Waals surface area contributed by atoms with Crippen molar-refractivity contribution in [3.8, 4) is 5.75 Å². The molecule has 0 radical (unpaired) electrons. The quantitative estimate of drug-likeness (QED) is 0.767. The predicted octanol–water partition coefficient (Wildman–Crippen LogP) is 2.58. The summed E-state index contributed by atoms with van der Waals surface area (Å²) >= 11 is 0. The van der Waals surface area contributed by atoms with Crippen LogP contribution in [0.5, 0.6) is 5.75 Å². The number of ether oxygens (including phenoxy) is 1. The Labute approximate surface area is 164 Å². The molecule has 0 spiro atoms. The van der Waals surface area contributed by atoms with Gasteiger partial charge in [-0.25, -0.2) is 0 Å². The number of halogens is 2. The van der Waals surface area contributed by atoms with Gasteiger partial charge in [0.15, 0.2) is 0 Å². The van der Waals surface area contributed by atoms with E-state index in [9.17, 15) is 18.4 Å². The zero-order valence-electron chi connectivity index (χ0n) is 16.7. The minimum atomic E-state index is -3.01. The van der Waals surface area contributed by atoms with E-state index in [0.717, 1.165) is 0 Å². The van der Waals surface area contributed by atoms with E-state index in [0.29, 0.717) is 32.5 Å². The molecule has 1 atom stereocenters. The molecule has 1 saturated heterocycles. The van der Waals surface area contributed by atoms with E-state index in [1.165, 1.54) is 18.2 Å². The van der Waals surface area contributed by atoms with Gasteiger partial charge < -0.3 is 20.3 Å².